The van der Waals surface area contributed by atoms with E-state index in [1.807, 2.05) is 30.3 Å². The van der Waals surface area contributed by atoms with E-state index in [4.69, 9.17) is 0 Å². The molecule has 0 N–H and O–H groups in total. The van der Waals surface area contributed by atoms with E-state index in [-0.39, 0.29) is 6.61 Å². The molecule has 1 aromatic heterocycles. The highest BCUT2D eigenvalue weighted by molar-refractivity contribution is 5.82. The molecule has 1 atom stereocenters. The number of aryl methyl sites for hydroxylation is 1. The summed E-state index contributed by atoms with van der Waals surface area (Å²) in [5.74, 6) is -4.89. The Bertz CT molecular complexity index is 723. The summed E-state index contributed by atoms with van der Waals surface area (Å²) in [5, 5.41) is 1.04. The number of halogens is 2. The minimum Gasteiger partial charge on any atom is -0.462 e. The van der Waals surface area contributed by atoms with Gasteiger partial charge in [0.05, 0.1) is 6.61 Å². The number of para-hydroxylation sites is 1. The van der Waals surface area contributed by atoms with Crippen LogP contribution in [-0.4, -0.2) is 23.1 Å². The molecule has 1 aliphatic rings. The summed E-state index contributed by atoms with van der Waals surface area (Å²) in [5.41, 5.74) is 1.20. The van der Waals surface area contributed by atoms with E-state index in [1.165, 1.54) is 6.92 Å². The summed E-state index contributed by atoms with van der Waals surface area (Å²) in [6, 6.07) is 9.81. The smallest absolute Gasteiger partial charge is 0.376 e. The lowest BCUT2D eigenvalue weighted by atomic mass is 9.80. The standard InChI is InChI=1S/C17H19F2NO2/c1-3-22-15(21)17(18,19)11-16(2)8-9-20-13-7-5-4-6-12(13)10-14(16)20/h4-7,10H,3,8-9,11H2,1-2H3. The number of fused-ring (bicyclic) bond motifs is 3. The van der Waals surface area contributed by atoms with Crippen LogP contribution in [0.5, 0.6) is 0 Å². The third-order valence-electron chi connectivity index (χ3n) is 4.50. The van der Waals surface area contributed by atoms with Crippen molar-refractivity contribution in [1.29, 1.82) is 0 Å². The molecule has 1 aliphatic heterocycles. The molecule has 0 aliphatic carbocycles. The van der Waals surface area contributed by atoms with E-state index < -0.39 is 23.7 Å². The Kier molecular flexibility index (Phi) is 3.46. The topological polar surface area (TPSA) is 31.2 Å². The molecule has 118 valence electrons. The van der Waals surface area contributed by atoms with Crippen molar-refractivity contribution in [1.82, 2.24) is 4.57 Å². The largest absolute Gasteiger partial charge is 0.462 e. The van der Waals surface area contributed by atoms with Gasteiger partial charge in [-0.1, -0.05) is 25.1 Å². The number of esters is 1. The molecular formula is C17H19F2NO2. The second-order valence-corrected chi connectivity index (χ2v) is 6.15. The molecule has 5 heteroatoms. The second kappa shape index (κ2) is 5.07. The van der Waals surface area contributed by atoms with E-state index in [0.717, 1.165) is 16.6 Å². The van der Waals surface area contributed by atoms with Gasteiger partial charge in [0, 0.05) is 29.6 Å². The average molecular weight is 307 g/mol. The van der Waals surface area contributed by atoms with Crippen LogP contribution in [0.15, 0.2) is 30.3 Å². The van der Waals surface area contributed by atoms with Gasteiger partial charge in [0.15, 0.2) is 0 Å². The van der Waals surface area contributed by atoms with Crippen molar-refractivity contribution in [2.45, 2.75) is 44.6 Å². The van der Waals surface area contributed by atoms with Crippen LogP contribution in [0.3, 0.4) is 0 Å². The maximum Gasteiger partial charge on any atom is 0.376 e. The van der Waals surface area contributed by atoms with Gasteiger partial charge >= 0.3 is 11.9 Å². The van der Waals surface area contributed by atoms with Crippen LogP contribution < -0.4 is 0 Å². The minimum absolute atomic E-state index is 0.0363. The first-order chi connectivity index (χ1) is 10.4. The summed E-state index contributed by atoms with van der Waals surface area (Å²) < 4.78 is 34.9. The van der Waals surface area contributed by atoms with Gasteiger partial charge in [-0.05, 0) is 30.9 Å². The van der Waals surface area contributed by atoms with Crippen LogP contribution >= 0.6 is 0 Å². The normalized spacial score (nSPS) is 21.1. The maximum absolute atomic E-state index is 14.2. The summed E-state index contributed by atoms with van der Waals surface area (Å²) in [4.78, 5) is 11.5. The third-order valence-corrected chi connectivity index (χ3v) is 4.50. The van der Waals surface area contributed by atoms with Crippen LogP contribution in [-0.2, 0) is 21.5 Å². The molecule has 1 aromatic carbocycles. The zero-order valence-corrected chi connectivity index (χ0v) is 12.7. The lowest BCUT2D eigenvalue weighted by Gasteiger charge is -2.27. The number of rotatable bonds is 4. The van der Waals surface area contributed by atoms with Crippen molar-refractivity contribution >= 4 is 16.9 Å². The fraction of sp³-hybridized carbons (Fsp3) is 0.471. The Morgan fingerprint density at radius 3 is 2.86 bits per heavy atom. The molecule has 0 spiro atoms. The SMILES string of the molecule is CCOC(=O)C(F)(F)CC1(C)CCn2c1cc1ccccc12. The van der Waals surface area contributed by atoms with Gasteiger partial charge in [-0.25, -0.2) is 4.79 Å². The number of carbonyl (C=O) groups is 1. The van der Waals surface area contributed by atoms with Crippen molar-refractivity contribution in [3.05, 3.63) is 36.0 Å². The highest BCUT2D eigenvalue weighted by Gasteiger charge is 2.50. The predicted molar refractivity (Wildman–Crippen MR) is 80.1 cm³/mol. The zero-order chi connectivity index (χ0) is 16.0. The van der Waals surface area contributed by atoms with Crippen LogP contribution in [0.2, 0.25) is 0 Å². The van der Waals surface area contributed by atoms with Crippen molar-refractivity contribution < 1.29 is 18.3 Å². The van der Waals surface area contributed by atoms with Gasteiger partial charge in [-0.15, -0.1) is 0 Å². The Balaban J connectivity index is 1.95. The predicted octanol–water partition coefficient (Wildman–Crippen LogP) is 3.89. The number of aromatic nitrogens is 1. The number of nitrogens with zero attached hydrogens (tertiary/aromatic N) is 1. The third kappa shape index (κ3) is 2.28. The summed E-state index contributed by atoms with van der Waals surface area (Å²) in [6.45, 7) is 3.99. The number of hydrogen-bond acceptors (Lipinski definition) is 2. The van der Waals surface area contributed by atoms with E-state index in [2.05, 4.69) is 9.30 Å². The van der Waals surface area contributed by atoms with Crippen molar-refractivity contribution in [2.75, 3.05) is 6.61 Å². The van der Waals surface area contributed by atoms with E-state index >= 15 is 0 Å². The number of hydrogen-bond donors (Lipinski definition) is 0. The molecule has 0 bridgehead atoms. The molecule has 2 aromatic rings. The minimum atomic E-state index is -3.46. The lowest BCUT2D eigenvalue weighted by Crippen LogP contribution is -2.38. The number of alkyl halides is 2. The molecule has 0 amide bonds. The molecule has 1 unspecified atom stereocenters. The van der Waals surface area contributed by atoms with Gasteiger partial charge in [-0.2, -0.15) is 8.78 Å². The van der Waals surface area contributed by atoms with E-state index in [1.54, 1.807) is 6.92 Å². The molecule has 22 heavy (non-hydrogen) atoms. The van der Waals surface area contributed by atoms with Crippen LogP contribution in [0.4, 0.5) is 8.78 Å². The lowest BCUT2D eigenvalue weighted by molar-refractivity contribution is -0.174. The summed E-state index contributed by atoms with van der Waals surface area (Å²) in [7, 11) is 0. The first-order valence-electron chi connectivity index (χ1n) is 7.51. The Morgan fingerprint density at radius 2 is 2.14 bits per heavy atom. The van der Waals surface area contributed by atoms with Crippen LogP contribution in [0, 0.1) is 0 Å². The van der Waals surface area contributed by atoms with Crippen LogP contribution in [0.25, 0.3) is 10.9 Å². The van der Waals surface area contributed by atoms with Crippen molar-refractivity contribution in [3.8, 4) is 0 Å². The Labute approximate surface area is 127 Å². The van der Waals surface area contributed by atoms with Gasteiger partial charge in [-0.3, -0.25) is 0 Å². The summed E-state index contributed by atoms with van der Waals surface area (Å²) in [6.07, 6.45) is 0.0807. The van der Waals surface area contributed by atoms with E-state index in [0.29, 0.717) is 13.0 Å². The quantitative estimate of drug-likeness (QED) is 0.802. The molecule has 2 heterocycles. The van der Waals surface area contributed by atoms with Crippen molar-refractivity contribution in [3.63, 3.8) is 0 Å². The molecular weight excluding hydrogens is 288 g/mol. The zero-order valence-electron chi connectivity index (χ0n) is 12.7. The van der Waals surface area contributed by atoms with E-state index in [9.17, 15) is 13.6 Å². The van der Waals surface area contributed by atoms with Gasteiger partial charge in [0.1, 0.15) is 0 Å². The highest BCUT2D eigenvalue weighted by atomic mass is 19.3. The molecule has 0 radical (unpaired) electrons. The molecule has 3 rings (SSSR count). The fourth-order valence-electron chi connectivity index (χ4n) is 3.42. The fourth-order valence-corrected chi connectivity index (χ4v) is 3.42. The number of ether oxygens (including phenoxy) is 1. The van der Waals surface area contributed by atoms with Gasteiger partial charge < -0.3 is 9.30 Å². The van der Waals surface area contributed by atoms with Gasteiger partial charge in [0.2, 0.25) is 0 Å². The van der Waals surface area contributed by atoms with Crippen molar-refractivity contribution in [2.24, 2.45) is 0 Å². The number of carbonyl (C=O) groups excluding carboxylic acids is 1. The first kappa shape index (κ1) is 15.0. The Hall–Kier alpha value is -1.91. The monoisotopic (exact) mass is 307 g/mol. The maximum atomic E-state index is 14.2. The number of benzene rings is 1. The molecule has 0 saturated carbocycles. The molecule has 0 fully saturated rings. The highest BCUT2D eigenvalue weighted by Crippen LogP contribution is 2.45. The average Bonchev–Trinajstić information content (AvgIpc) is 2.97. The molecule has 0 saturated heterocycles. The summed E-state index contributed by atoms with van der Waals surface area (Å²) >= 11 is 0. The molecule has 3 nitrogen and oxygen atoms in total. The first-order valence-corrected chi connectivity index (χ1v) is 7.51. The van der Waals surface area contributed by atoms with Crippen LogP contribution in [0.1, 0.15) is 32.4 Å². The second-order valence-electron chi connectivity index (χ2n) is 6.15. The Morgan fingerprint density at radius 1 is 1.41 bits per heavy atom. The van der Waals surface area contributed by atoms with Gasteiger partial charge in [0.25, 0.3) is 0 Å².